The van der Waals surface area contributed by atoms with Crippen molar-refractivity contribution in [1.29, 1.82) is 0 Å². The van der Waals surface area contributed by atoms with Crippen molar-refractivity contribution in [2.45, 2.75) is 13.2 Å². The average molecular weight is 275 g/mol. The molecule has 0 fully saturated rings. The van der Waals surface area contributed by atoms with Crippen LogP contribution in [0.1, 0.15) is 21.5 Å². The number of benzene rings is 2. The number of nitrogens with one attached hydrogen (secondary N) is 1. The predicted molar refractivity (Wildman–Crippen MR) is 72.2 cm³/mol. The number of phenols is 2. The van der Waals surface area contributed by atoms with E-state index < -0.39 is 6.67 Å². The molecule has 0 radical (unpaired) electrons. The summed E-state index contributed by atoms with van der Waals surface area (Å²) in [4.78, 5) is 11.9. The van der Waals surface area contributed by atoms with E-state index in [2.05, 4.69) is 5.32 Å². The molecule has 0 aliphatic carbocycles. The van der Waals surface area contributed by atoms with Crippen molar-refractivity contribution in [3.05, 3.63) is 59.2 Å². The van der Waals surface area contributed by atoms with Crippen molar-refractivity contribution in [1.82, 2.24) is 5.32 Å². The minimum atomic E-state index is -0.548. The van der Waals surface area contributed by atoms with Gasteiger partial charge in [-0.2, -0.15) is 0 Å². The summed E-state index contributed by atoms with van der Waals surface area (Å²) in [6, 6.07) is 10.7. The highest BCUT2D eigenvalue weighted by Crippen LogP contribution is 2.24. The van der Waals surface area contributed by atoms with Crippen LogP contribution in [0.5, 0.6) is 11.5 Å². The fourth-order valence-corrected chi connectivity index (χ4v) is 1.77. The lowest BCUT2D eigenvalue weighted by molar-refractivity contribution is 0.0950. The van der Waals surface area contributed by atoms with Crippen LogP contribution in [-0.4, -0.2) is 16.1 Å². The van der Waals surface area contributed by atoms with Gasteiger partial charge < -0.3 is 15.5 Å². The highest BCUT2D eigenvalue weighted by Gasteiger charge is 2.08. The van der Waals surface area contributed by atoms with Crippen LogP contribution in [0, 0.1) is 0 Å². The van der Waals surface area contributed by atoms with Crippen LogP contribution in [0.2, 0.25) is 0 Å². The Hall–Kier alpha value is -2.56. The second-order valence-corrected chi connectivity index (χ2v) is 4.34. The molecule has 20 heavy (non-hydrogen) atoms. The molecular formula is C15H14FNO3. The number of carbonyl (C=O) groups excluding carboxylic acids is 1. The van der Waals surface area contributed by atoms with E-state index in [0.717, 1.165) is 5.56 Å². The Morgan fingerprint density at radius 3 is 2.50 bits per heavy atom. The summed E-state index contributed by atoms with van der Waals surface area (Å²) >= 11 is 0. The molecule has 0 aliphatic heterocycles. The molecule has 4 nitrogen and oxygen atoms in total. The summed E-state index contributed by atoms with van der Waals surface area (Å²) in [5.41, 5.74) is 1.58. The molecule has 104 valence electrons. The number of carbonyl (C=O) groups is 1. The smallest absolute Gasteiger partial charge is 0.251 e. The maximum atomic E-state index is 12.5. The molecule has 5 heteroatoms. The summed E-state index contributed by atoms with van der Waals surface area (Å²) in [6.07, 6.45) is 0. The number of hydrogen-bond donors (Lipinski definition) is 3. The maximum absolute atomic E-state index is 12.5. The van der Waals surface area contributed by atoms with E-state index in [1.165, 1.54) is 18.2 Å². The Labute approximate surface area is 115 Å². The first-order valence-corrected chi connectivity index (χ1v) is 6.04. The molecule has 0 saturated carbocycles. The van der Waals surface area contributed by atoms with Gasteiger partial charge in [-0.1, -0.05) is 24.3 Å². The summed E-state index contributed by atoms with van der Waals surface area (Å²) in [7, 11) is 0. The van der Waals surface area contributed by atoms with Gasteiger partial charge in [-0.3, -0.25) is 4.79 Å². The normalized spacial score (nSPS) is 10.2. The number of aromatic hydroxyl groups is 2. The van der Waals surface area contributed by atoms with E-state index in [1.807, 2.05) is 0 Å². The predicted octanol–water partition coefficient (Wildman–Crippen LogP) is 2.50. The Kier molecular flexibility index (Phi) is 4.20. The third-order valence-electron chi connectivity index (χ3n) is 2.84. The second kappa shape index (κ2) is 6.06. The molecule has 0 saturated heterocycles. The molecule has 0 unspecified atom stereocenters. The van der Waals surface area contributed by atoms with Gasteiger partial charge in [-0.25, -0.2) is 4.39 Å². The zero-order chi connectivity index (χ0) is 14.5. The van der Waals surface area contributed by atoms with Crippen LogP contribution in [-0.2, 0) is 13.2 Å². The van der Waals surface area contributed by atoms with Gasteiger partial charge in [0.2, 0.25) is 0 Å². The highest BCUT2D eigenvalue weighted by molar-refractivity contribution is 5.94. The molecule has 0 heterocycles. The minimum Gasteiger partial charge on any atom is -0.504 e. The van der Waals surface area contributed by atoms with Crippen molar-refractivity contribution in [3.63, 3.8) is 0 Å². The first-order valence-electron chi connectivity index (χ1n) is 6.04. The van der Waals surface area contributed by atoms with E-state index >= 15 is 0 Å². The fourth-order valence-electron chi connectivity index (χ4n) is 1.77. The summed E-state index contributed by atoms with van der Waals surface area (Å²) in [5, 5.41) is 21.2. The zero-order valence-electron chi connectivity index (χ0n) is 10.6. The number of halogens is 1. The maximum Gasteiger partial charge on any atom is 0.251 e. The van der Waals surface area contributed by atoms with Crippen LogP contribution in [0.25, 0.3) is 0 Å². The number of phenolic OH excluding ortho intramolecular Hbond substituents is 2. The van der Waals surface area contributed by atoms with E-state index in [4.69, 9.17) is 0 Å². The molecule has 0 spiro atoms. The van der Waals surface area contributed by atoms with Crippen molar-refractivity contribution < 1.29 is 19.4 Å². The highest BCUT2D eigenvalue weighted by atomic mass is 19.1. The Balaban J connectivity index is 2.02. The second-order valence-electron chi connectivity index (χ2n) is 4.34. The van der Waals surface area contributed by atoms with Crippen LogP contribution < -0.4 is 5.32 Å². The molecule has 1 amide bonds. The quantitative estimate of drug-likeness (QED) is 0.751. The molecule has 0 aliphatic rings. The van der Waals surface area contributed by atoms with Gasteiger partial charge in [-0.15, -0.1) is 0 Å². The Morgan fingerprint density at radius 1 is 1.05 bits per heavy atom. The largest absolute Gasteiger partial charge is 0.504 e. The van der Waals surface area contributed by atoms with Gasteiger partial charge in [0.15, 0.2) is 11.5 Å². The zero-order valence-corrected chi connectivity index (χ0v) is 10.6. The monoisotopic (exact) mass is 275 g/mol. The van der Waals surface area contributed by atoms with E-state index in [9.17, 15) is 19.4 Å². The Morgan fingerprint density at radius 2 is 1.80 bits per heavy atom. The van der Waals surface area contributed by atoms with Gasteiger partial charge in [0.1, 0.15) is 6.67 Å². The molecule has 2 aromatic rings. The molecule has 2 rings (SSSR count). The molecule has 2 aromatic carbocycles. The fraction of sp³-hybridized carbons (Fsp3) is 0.133. The van der Waals surface area contributed by atoms with Crippen molar-refractivity contribution in [3.8, 4) is 11.5 Å². The van der Waals surface area contributed by atoms with Crippen molar-refractivity contribution in [2.75, 3.05) is 0 Å². The third-order valence-corrected chi connectivity index (χ3v) is 2.84. The minimum absolute atomic E-state index is 0.238. The van der Waals surface area contributed by atoms with Gasteiger partial charge in [-0.05, 0) is 29.3 Å². The molecule has 0 bridgehead atoms. The molecule has 0 aromatic heterocycles. The summed E-state index contributed by atoms with van der Waals surface area (Å²) in [5.74, 6) is -1.01. The lowest BCUT2D eigenvalue weighted by Crippen LogP contribution is -2.22. The van der Waals surface area contributed by atoms with Gasteiger partial charge in [0, 0.05) is 12.1 Å². The van der Waals surface area contributed by atoms with Crippen molar-refractivity contribution >= 4 is 5.91 Å². The van der Waals surface area contributed by atoms with Gasteiger partial charge in [0.25, 0.3) is 5.91 Å². The topological polar surface area (TPSA) is 69.6 Å². The third kappa shape index (κ3) is 3.26. The molecule has 0 atom stereocenters. The van der Waals surface area contributed by atoms with Crippen LogP contribution in [0.4, 0.5) is 4.39 Å². The van der Waals surface area contributed by atoms with Gasteiger partial charge >= 0.3 is 0 Å². The van der Waals surface area contributed by atoms with Crippen LogP contribution >= 0.6 is 0 Å². The molecular weight excluding hydrogens is 261 g/mol. The van der Waals surface area contributed by atoms with E-state index in [-0.39, 0.29) is 29.5 Å². The van der Waals surface area contributed by atoms with Crippen LogP contribution in [0.15, 0.2) is 42.5 Å². The lowest BCUT2D eigenvalue weighted by Gasteiger charge is -2.07. The first-order chi connectivity index (χ1) is 9.60. The Bertz CT molecular complexity index is 628. The lowest BCUT2D eigenvalue weighted by atomic mass is 10.1. The number of hydrogen-bond acceptors (Lipinski definition) is 3. The number of alkyl halides is 1. The van der Waals surface area contributed by atoms with Crippen LogP contribution in [0.3, 0.4) is 0 Å². The number of rotatable bonds is 4. The van der Waals surface area contributed by atoms with E-state index in [0.29, 0.717) is 5.56 Å². The standard InChI is InChI=1S/C15H14FNO3/c16-8-10-2-1-3-11(6-10)9-17-15(20)12-4-5-13(18)14(19)7-12/h1-7,18-19H,8-9H2,(H,17,20). The van der Waals surface area contributed by atoms with Crippen molar-refractivity contribution in [2.24, 2.45) is 0 Å². The van der Waals surface area contributed by atoms with E-state index in [1.54, 1.807) is 24.3 Å². The SMILES string of the molecule is O=C(NCc1cccc(CF)c1)c1ccc(O)c(O)c1. The average Bonchev–Trinajstić information content (AvgIpc) is 2.47. The van der Waals surface area contributed by atoms with Gasteiger partial charge in [0.05, 0.1) is 0 Å². The first kappa shape index (κ1) is 13.9. The summed E-state index contributed by atoms with van der Waals surface area (Å²) < 4.78 is 12.5. The molecule has 3 N–H and O–H groups in total. The summed E-state index contributed by atoms with van der Waals surface area (Å²) in [6.45, 7) is -0.290. The number of amides is 1.